The van der Waals surface area contributed by atoms with Gasteiger partial charge >= 0.3 is 5.97 Å². The third kappa shape index (κ3) is 3.71. The van der Waals surface area contributed by atoms with E-state index in [1.54, 1.807) is 19.9 Å². The van der Waals surface area contributed by atoms with Gasteiger partial charge in [-0.2, -0.15) is 0 Å². The minimum atomic E-state index is -0.664. The van der Waals surface area contributed by atoms with Crippen LogP contribution in [0.3, 0.4) is 0 Å². The zero-order chi connectivity index (χ0) is 17.9. The average molecular weight is 328 g/mol. The molecule has 0 unspecified atom stereocenters. The van der Waals surface area contributed by atoms with Gasteiger partial charge in [-0.05, 0) is 44.9 Å². The molecule has 0 fully saturated rings. The number of carbonyl (C=O) groups excluding carboxylic acids is 3. The molecule has 0 aliphatic carbocycles. The maximum atomic E-state index is 12.1. The Balaban J connectivity index is 2.01. The van der Waals surface area contributed by atoms with Gasteiger partial charge in [-0.1, -0.05) is 18.2 Å². The van der Waals surface area contributed by atoms with E-state index in [2.05, 4.69) is 10.3 Å². The number of nitrogens with one attached hydrogen (secondary N) is 2. The van der Waals surface area contributed by atoms with Crippen molar-refractivity contribution in [3.63, 3.8) is 0 Å². The number of esters is 1. The predicted molar refractivity (Wildman–Crippen MR) is 90.4 cm³/mol. The Labute approximate surface area is 140 Å². The topological polar surface area (TPSA) is 88.3 Å². The van der Waals surface area contributed by atoms with Crippen LogP contribution < -0.4 is 5.32 Å². The van der Waals surface area contributed by atoms with Crippen molar-refractivity contribution in [3.8, 4) is 0 Å². The minimum Gasteiger partial charge on any atom is -0.451 e. The maximum Gasteiger partial charge on any atom is 0.355 e. The van der Waals surface area contributed by atoms with E-state index in [0.29, 0.717) is 22.5 Å². The van der Waals surface area contributed by atoms with Crippen molar-refractivity contribution in [2.24, 2.45) is 0 Å². The molecule has 0 bridgehead atoms. The molecule has 0 aliphatic heterocycles. The molecule has 0 radical (unpaired) electrons. The number of ketones is 1. The van der Waals surface area contributed by atoms with E-state index in [9.17, 15) is 14.4 Å². The first-order valence-electron chi connectivity index (χ1n) is 7.54. The van der Waals surface area contributed by atoms with E-state index in [1.807, 2.05) is 25.1 Å². The van der Waals surface area contributed by atoms with E-state index in [1.165, 1.54) is 6.92 Å². The lowest BCUT2D eigenvalue weighted by molar-refractivity contribution is -0.119. The van der Waals surface area contributed by atoms with Gasteiger partial charge in [-0.3, -0.25) is 9.59 Å². The predicted octanol–water partition coefficient (Wildman–Crippen LogP) is 2.94. The maximum absolute atomic E-state index is 12.1. The van der Waals surface area contributed by atoms with E-state index < -0.39 is 18.5 Å². The zero-order valence-electron chi connectivity index (χ0n) is 14.1. The van der Waals surface area contributed by atoms with Crippen molar-refractivity contribution < 1.29 is 19.1 Å². The second-order valence-electron chi connectivity index (χ2n) is 5.62. The number of Topliss-reactive ketones (excluding diaryl/α,β-unsaturated/α-hetero) is 1. The molecular weight excluding hydrogens is 308 g/mol. The molecule has 1 aromatic carbocycles. The van der Waals surface area contributed by atoms with Crippen LogP contribution in [0.5, 0.6) is 0 Å². The number of amides is 1. The quantitative estimate of drug-likeness (QED) is 0.652. The molecule has 6 nitrogen and oxygen atoms in total. The van der Waals surface area contributed by atoms with Gasteiger partial charge in [0.2, 0.25) is 0 Å². The smallest absolute Gasteiger partial charge is 0.355 e. The summed E-state index contributed by atoms with van der Waals surface area (Å²) in [4.78, 5) is 38.5. The molecule has 0 saturated carbocycles. The number of aromatic nitrogens is 1. The van der Waals surface area contributed by atoms with Gasteiger partial charge in [0.15, 0.2) is 12.4 Å². The van der Waals surface area contributed by atoms with Gasteiger partial charge in [0.25, 0.3) is 5.91 Å². The fraction of sp³-hybridized carbons (Fsp3) is 0.278. The Hall–Kier alpha value is -2.89. The summed E-state index contributed by atoms with van der Waals surface area (Å²) < 4.78 is 5.04. The number of ether oxygens (including phenoxy) is 1. The first kappa shape index (κ1) is 17.5. The van der Waals surface area contributed by atoms with Crippen molar-refractivity contribution >= 4 is 23.3 Å². The van der Waals surface area contributed by atoms with E-state index in [0.717, 1.165) is 5.56 Å². The molecule has 2 rings (SSSR count). The largest absolute Gasteiger partial charge is 0.451 e. The Morgan fingerprint density at radius 3 is 2.38 bits per heavy atom. The van der Waals surface area contributed by atoms with Crippen molar-refractivity contribution in [2.75, 3.05) is 11.9 Å². The number of aromatic amines is 1. The highest BCUT2D eigenvalue weighted by molar-refractivity contribution is 6.01. The van der Waals surface area contributed by atoms with Crippen LogP contribution >= 0.6 is 0 Å². The Kier molecular flexibility index (Phi) is 5.18. The summed E-state index contributed by atoms with van der Waals surface area (Å²) in [5, 5.41) is 2.69. The molecule has 0 saturated heterocycles. The first-order chi connectivity index (χ1) is 11.3. The van der Waals surface area contributed by atoms with Crippen LogP contribution in [0, 0.1) is 20.8 Å². The molecule has 0 atom stereocenters. The summed E-state index contributed by atoms with van der Waals surface area (Å²) >= 11 is 0. The summed E-state index contributed by atoms with van der Waals surface area (Å²) in [7, 11) is 0. The lowest BCUT2D eigenvalue weighted by Gasteiger charge is -2.08. The molecule has 1 heterocycles. The number of para-hydroxylation sites is 1. The standard InChI is InChI=1S/C18H20N2O4/c1-10-7-5-6-8-14(10)20-15(22)9-24-18(23)17-11(2)16(13(4)21)12(3)19-17/h5-8,19H,9H2,1-4H3,(H,20,22). The summed E-state index contributed by atoms with van der Waals surface area (Å²) in [6, 6.07) is 7.32. The van der Waals surface area contributed by atoms with Crippen molar-refractivity contribution in [1.29, 1.82) is 0 Å². The highest BCUT2D eigenvalue weighted by Crippen LogP contribution is 2.19. The number of carbonyl (C=O) groups is 3. The van der Waals surface area contributed by atoms with Crippen molar-refractivity contribution in [1.82, 2.24) is 4.98 Å². The molecule has 126 valence electrons. The molecule has 2 aromatic rings. The van der Waals surface area contributed by atoms with Crippen LogP contribution in [0.1, 0.15) is 44.6 Å². The number of aryl methyl sites for hydroxylation is 2. The lowest BCUT2D eigenvalue weighted by atomic mass is 10.1. The molecule has 2 N–H and O–H groups in total. The fourth-order valence-corrected chi connectivity index (χ4v) is 2.58. The van der Waals surface area contributed by atoms with Crippen molar-refractivity contribution in [2.45, 2.75) is 27.7 Å². The van der Waals surface area contributed by atoms with Gasteiger partial charge in [0.05, 0.1) is 0 Å². The van der Waals surface area contributed by atoms with Gasteiger partial charge in [-0.25, -0.2) is 4.79 Å². The second kappa shape index (κ2) is 7.12. The Morgan fingerprint density at radius 1 is 1.12 bits per heavy atom. The molecule has 1 aromatic heterocycles. The average Bonchev–Trinajstić information content (AvgIpc) is 2.82. The number of benzene rings is 1. The third-order valence-corrected chi connectivity index (χ3v) is 3.75. The van der Waals surface area contributed by atoms with Crippen LogP contribution in [0.2, 0.25) is 0 Å². The Morgan fingerprint density at radius 2 is 1.79 bits per heavy atom. The first-order valence-corrected chi connectivity index (χ1v) is 7.54. The number of anilines is 1. The van der Waals surface area contributed by atoms with Crippen LogP contribution in [0.15, 0.2) is 24.3 Å². The number of rotatable bonds is 5. The fourth-order valence-electron chi connectivity index (χ4n) is 2.58. The van der Waals surface area contributed by atoms with Gasteiger partial charge in [0, 0.05) is 16.9 Å². The van der Waals surface area contributed by atoms with E-state index >= 15 is 0 Å². The number of hydrogen-bond donors (Lipinski definition) is 2. The van der Waals surface area contributed by atoms with E-state index in [4.69, 9.17) is 4.74 Å². The normalized spacial score (nSPS) is 10.3. The summed E-state index contributed by atoms with van der Waals surface area (Å²) in [6.45, 7) is 6.29. The van der Waals surface area contributed by atoms with Crippen LogP contribution in [-0.2, 0) is 9.53 Å². The van der Waals surface area contributed by atoms with E-state index in [-0.39, 0.29) is 11.5 Å². The van der Waals surface area contributed by atoms with Crippen molar-refractivity contribution in [3.05, 3.63) is 52.3 Å². The SMILES string of the molecule is CC(=O)c1c(C)[nH]c(C(=O)OCC(=O)Nc2ccccc2C)c1C. The van der Waals surface area contributed by atoms with Crippen LogP contribution in [-0.4, -0.2) is 29.3 Å². The Bertz CT molecular complexity index is 805. The highest BCUT2D eigenvalue weighted by Gasteiger charge is 2.21. The lowest BCUT2D eigenvalue weighted by Crippen LogP contribution is -2.21. The summed E-state index contributed by atoms with van der Waals surface area (Å²) in [6.07, 6.45) is 0. The van der Waals surface area contributed by atoms with Gasteiger partial charge in [-0.15, -0.1) is 0 Å². The highest BCUT2D eigenvalue weighted by atomic mass is 16.5. The third-order valence-electron chi connectivity index (χ3n) is 3.75. The number of H-pyrrole nitrogens is 1. The molecular formula is C18H20N2O4. The molecule has 0 aliphatic rings. The monoisotopic (exact) mass is 328 g/mol. The summed E-state index contributed by atoms with van der Waals surface area (Å²) in [5.74, 6) is -1.22. The summed E-state index contributed by atoms with van der Waals surface area (Å²) in [5.41, 5.74) is 3.40. The molecule has 6 heteroatoms. The minimum absolute atomic E-state index is 0.127. The van der Waals surface area contributed by atoms with Crippen LogP contribution in [0.25, 0.3) is 0 Å². The zero-order valence-corrected chi connectivity index (χ0v) is 14.1. The van der Waals surface area contributed by atoms with Crippen LogP contribution in [0.4, 0.5) is 5.69 Å². The number of hydrogen-bond acceptors (Lipinski definition) is 4. The molecule has 24 heavy (non-hydrogen) atoms. The molecule has 1 amide bonds. The second-order valence-corrected chi connectivity index (χ2v) is 5.62. The van der Waals surface area contributed by atoms with Gasteiger partial charge in [0.1, 0.15) is 5.69 Å². The molecule has 0 spiro atoms. The van der Waals surface area contributed by atoms with Gasteiger partial charge < -0.3 is 15.0 Å².